The molecule has 2 aliphatic rings. The van der Waals surface area contributed by atoms with Gasteiger partial charge in [-0.15, -0.1) is 0 Å². The molecule has 1 aliphatic heterocycles. The highest BCUT2D eigenvalue weighted by molar-refractivity contribution is 7.90. The number of benzene rings is 1. The van der Waals surface area contributed by atoms with Crippen molar-refractivity contribution in [2.24, 2.45) is 5.92 Å². The minimum atomic E-state index is -3.62. The van der Waals surface area contributed by atoms with Gasteiger partial charge < -0.3 is 4.74 Å². The molecule has 0 spiro atoms. The van der Waals surface area contributed by atoms with Gasteiger partial charge in [-0.2, -0.15) is 0 Å². The molecule has 6 nitrogen and oxygen atoms in total. The van der Waals surface area contributed by atoms with E-state index in [0.717, 1.165) is 48.1 Å². The van der Waals surface area contributed by atoms with Gasteiger partial charge in [-0.1, -0.05) is 12.5 Å². The Kier molecular flexibility index (Phi) is 4.40. The van der Waals surface area contributed by atoms with Crippen LogP contribution in [0.25, 0.3) is 11.1 Å². The zero-order chi connectivity index (χ0) is 18.1. The average Bonchev–Trinajstić information content (AvgIpc) is 3.06. The van der Waals surface area contributed by atoms with Gasteiger partial charge in [0, 0.05) is 24.4 Å². The van der Waals surface area contributed by atoms with Crippen LogP contribution in [0.3, 0.4) is 0 Å². The van der Waals surface area contributed by atoms with Gasteiger partial charge >= 0.3 is 0 Å². The highest BCUT2D eigenvalue weighted by Crippen LogP contribution is 2.30. The fourth-order valence-corrected chi connectivity index (χ4v) is 4.74. The minimum Gasteiger partial charge on any atom is -0.493 e. The Labute approximate surface area is 152 Å². The number of rotatable bonds is 5. The highest BCUT2D eigenvalue weighted by Gasteiger charge is 2.26. The van der Waals surface area contributed by atoms with Crippen LogP contribution in [0, 0.1) is 5.92 Å². The molecule has 1 amide bonds. The van der Waals surface area contributed by atoms with Crippen LogP contribution in [0.5, 0.6) is 5.75 Å². The molecule has 0 unspecified atom stereocenters. The number of carbonyl (C=O) groups excluding carboxylic acids is 1. The Morgan fingerprint density at radius 1 is 1.19 bits per heavy atom. The van der Waals surface area contributed by atoms with E-state index < -0.39 is 15.9 Å². The number of ether oxygens (including phenoxy) is 1. The molecule has 1 saturated carbocycles. The van der Waals surface area contributed by atoms with Gasteiger partial charge in [0.2, 0.25) is 10.0 Å². The molecule has 1 aromatic heterocycles. The molecule has 0 saturated heterocycles. The minimum absolute atomic E-state index is 0.0106. The fraction of sp³-hybridized carbons (Fsp3) is 0.368. The van der Waals surface area contributed by atoms with Gasteiger partial charge in [0.1, 0.15) is 5.75 Å². The number of nitrogens with zero attached hydrogens (tertiary/aromatic N) is 1. The third-order valence-corrected chi connectivity index (χ3v) is 6.36. The van der Waals surface area contributed by atoms with E-state index in [1.807, 2.05) is 18.2 Å². The number of pyridine rings is 1. The highest BCUT2D eigenvalue weighted by atomic mass is 32.2. The van der Waals surface area contributed by atoms with Crippen molar-refractivity contribution >= 4 is 15.9 Å². The molecule has 136 valence electrons. The second-order valence-electron chi connectivity index (χ2n) is 6.89. The number of fused-ring (bicyclic) bond motifs is 1. The topological polar surface area (TPSA) is 85.4 Å². The lowest BCUT2D eigenvalue weighted by atomic mass is 9.87. The van der Waals surface area contributed by atoms with Crippen LogP contribution in [0.2, 0.25) is 0 Å². The Balaban J connectivity index is 1.52. The zero-order valence-electron chi connectivity index (χ0n) is 14.3. The van der Waals surface area contributed by atoms with E-state index in [0.29, 0.717) is 6.61 Å². The normalized spacial score (nSPS) is 16.5. The Morgan fingerprint density at radius 2 is 2.04 bits per heavy atom. The number of hydrogen-bond donors (Lipinski definition) is 1. The smallest absolute Gasteiger partial charge is 0.266 e. The molecule has 1 fully saturated rings. The maximum atomic E-state index is 12.4. The summed E-state index contributed by atoms with van der Waals surface area (Å²) in [7, 11) is -3.62. The van der Waals surface area contributed by atoms with Gasteiger partial charge in [0.25, 0.3) is 5.91 Å². The van der Waals surface area contributed by atoms with E-state index in [1.54, 1.807) is 12.3 Å². The van der Waals surface area contributed by atoms with Gasteiger partial charge in [-0.3, -0.25) is 9.78 Å². The average molecular weight is 372 g/mol. The predicted molar refractivity (Wildman–Crippen MR) is 97.5 cm³/mol. The summed E-state index contributed by atoms with van der Waals surface area (Å²) in [6.07, 6.45) is 6.79. The molecule has 1 aliphatic carbocycles. The molecule has 1 N–H and O–H groups in total. The first-order valence-electron chi connectivity index (χ1n) is 8.76. The number of hydrogen-bond acceptors (Lipinski definition) is 5. The molecule has 2 heterocycles. The van der Waals surface area contributed by atoms with E-state index in [9.17, 15) is 13.2 Å². The Hall–Kier alpha value is -2.41. The van der Waals surface area contributed by atoms with Crippen LogP contribution in [0.4, 0.5) is 0 Å². The summed E-state index contributed by atoms with van der Waals surface area (Å²) >= 11 is 0. The van der Waals surface area contributed by atoms with Crippen molar-refractivity contribution in [3.05, 3.63) is 47.8 Å². The Morgan fingerprint density at radius 3 is 2.81 bits per heavy atom. The van der Waals surface area contributed by atoms with Crippen LogP contribution in [0.1, 0.15) is 35.2 Å². The lowest BCUT2D eigenvalue weighted by Crippen LogP contribution is -2.36. The third-order valence-electron chi connectivity index (χ3n) is 4.95. The van der Waals surface area contributed by atoms with Gasteiger partial charge in [-0.25, -0.2) is 13.1 Å². The summed E-state index contributed by atoms with van der Waals surface area (Å²) in [5.74, 6) is 0.427. The van der Waals surface area contributed by atoms with Crippen molar-refractivity contribution < 1.29 is 17.9 Å². The van der Waals surface area contributed by atoms with E-state index in [2.05, 4.69) is 9.71 Å². The van der Waals surface area contributed by atoms with E-state index >= 15 is 0 Å². The lowest BCUT2D eigenvalue weighted by molar-refractivity contribution is 0.0981. The van der Waals surface area contributed by atoms with Gasteiger partial charge in [0.05, 0.1) is 17.9 Å². The van der Waals surface area contributed by atoms with E-state index in [-0.39, 0.29) is 17.2 Å². The first-order valence-corrected chi connectivity index (χ1v) is 10.4. The van der Waals surface area contributed by atoms with Crippen molar-refractivity contribution in [1.29, 1.82) is 0 Å². The second kappa shape index (κ2) is 6.72. The first-order chi connectivity index (χ1) is 12.5. The zero-order valence-corrected chi connectivity index (χ0v) is 15.1. The SMILES string of the molecule is O=C(NS(=O)(=O)CC1CCC1)c1cncc(-c2ccc3c(c2)CCO3)c1. The van der Waals surface area contributed by atoms with Crippen LogP contribution >= 0.6 is 0 Å². The monoisotopic (exact) mass is 372 g/mol. The predicted octanol–water partition coefficient (Wildman–Crippen LogP) is 2.54. The summed E-state index contributed by atoms with van der Waals surface area (Å²) in [5.41, 5.74) is 3.05. The molecule has 0 radical (unpaired) electrons. The molecule has 7 heteroatoms. The summed E-state index contributed by atoms with van der Waals surface area (Å²) in [6, 6.07) is 7.51. The number of sulfonamides is 1. The van der Waals surface area contributed by atoms with Gasteiger partial charge in [0.15, 0.2) is 0 Å². The van der Waals surface area contributed by atoms with Crippen LogP contribution in [0.15, 0.2) is 36.7 Å². The van der Waals surface area contributed by atoms with E-state index in [1.165, 1.54) is 6.20 Å². The molecule has 26 heavy (non-hydrogen) atoms. The fourth-order valence-electron chi connectivity index (χ4n) is 3.30. The van der Waals surface area contributed by atoms with Crippen molar-refractivity contribution in [1.82, 2.24) is 9.71 Å². The summed E-state index contributed by atoms with van der Waals surface area (Å²) in [4.78, 5) is 16.5. The summed E-state index contributed by atoms with van der Waals surface area (Å²) in [5, 5.41) is 0. The quantitative estimate of drug-likeness (QED) is 0.872. The largest absolute Gasteiger partial charge is 0.493 e. The maximum Gasteiger partial charge on any atom is 0.266 e. The number of carbonyl (C=O) groups is 1. The molecule has 1 aromatic carbocycles. The lowest BCUT2D eigenvalue weighted by Gasteiger charge is -2.24. The van der Waals surface area contributed by atoms with Crippen LogP contribution < -0.4 is 9.46 Å². The molecule has 4 rings (SSSR count). The first kappa shape index (κ1) is 17.0. The third kappa shape index (κ3) is 3.58. The van der Waals surface area contributed by atoms with E-state index in [4.69, 9.17) is 4.74 Å². The Bertz CT molecular complexity index is 952. The summed E-state index contributed by atoms with van der Waals surface area (Å²) in [6.45, 7) is 0.679. The molecular weight excluding hydrogens is 352 g/mol. The molecule has 0 bridgehead atoms. The number of nitrogens with one attached hydrogen (secondary N) is 1. The van der Waals surface area contributed by atoms with Crippen molar-refractivity contribution in [2.45, 2.75) is 25.7 Å². The summed E-state index contributed by atoms with van der Waals surface area (Å²) < 4.78 is 31.9. The molecular formula is C19H20N2O4S. The van der Waals surface area contributed by atoms with Crippen molar-refractivity contribution in [3.8, 4) is 16.9 Å². The molecule has 2 aromatic rings. The van der Waals surface area contributed by atoms with Crippen LogP contribution in [-0.4, -0.2) is 31.7 Å². The molecule has 0 atom stereocenters. The maximum absolute atomic E-state index is 12.4. The number of aromatic nitrogens is 1. The second-order valence-corrected chi connectivity index (χ2v) is 8.66. The van der Waals surface area contributed by atoms with Crippen LogP contribution in [-0.2, 0) is 16.4 Å². The standard InChI is InChI=1S/C19H20N2O4S/c22-19(21-26(23,24)12-13-2-1-3-13)17-9-16(10-20-11-17)14-4-5-18-15(8-14)6-7-25-18/h4-5,8-11,13H,1-3,6-7,12H2,(H,21,22). The van der Waals surface area contributed by atoms with Crippen molar-refractivity contribution in [3.63, 3.8) is 0 Å². The van der Waals surface area contributed by atoms with Crippen molar-refractivity contribution in [2.75, 3.05) is 12.4 Å². The number of amides is 1. The van der Waals surface area contributed by atoms with Gasteiger partial charge in [-0.05, 0) is 48.1 Å².